The first-order valence-electron chi connectivity index (χ1n) is 7.17. The van der Waals surface area contributed by atoms with Gasteiger partial charge in [0, 0.05) is 25.2 Å². The monoisotopic (exact) mass is 240 g/mol. The second-order valence-electron chi connectivity index (χ2n) is 6.22. The fourth-order valence-electron chi connectivity index (χ4n) is 2.82. The van der Waals surface area contributed by atoms with E-state index >= 15 is 0 Å². The van der Waals surface area contributed by atoms with Crippen LogP contribution in [0.4, 0.5) is 0 Å². The van der Waals surface area contributed by atoms with Gasteiger partial charge in [0.25, 0.3) is 0 Å². The highest BCUT2D eigenvalue weighted by Crippen LogP contribution is 2.38. The first kappa shape index (κ1) is 13.3. The molecular weight excluding hydrogens is 212 g/mol. The van der Waals surface area contributed by atoms with Gasteiger partial charge in [-0.1, -0.05) is 12.8 Å². The highest BCUT2D eigenvalue weighted by Gasteiger charge is 2.36. The lowest BCUT2D eigenvalue weighted by molar-refractivity contribution is -0.0218. The summed E-state index contributed by atoms with van der Waals surface area (Å²) < 4.78 is 5.83. The lowest BCUT2D eigenvalue weighted by atomic mass is 9.92. The van der Waals surface area contributed by atoms with Crippen molar-refractivity contribution >= 4 is 0 Å². The molecule has 3 nitrogen and oxygen atoms in total. The van der Waals surface area contributed by atoms with Crippen molar-refractivity contribution < 1.29 is 4.74 Å². The maximum atomic E-state index is 6.01. The zero-order valence-corrected chi connectivity index (χ0v) is 11.5. The second-order valence-corrected chi connectivity index (χ2v) is 6.22. The molecule has 100 valence electrons. The molecule has 0 aromatic heterocycles. The molecule has 17 heavy (non-hydrogen) atoms. The summed E-state index contributed by atoms with van der Waals surface area (Å²) >= 11 is 0. The van der Waals surface area contributed by atoms with E-state index < -0.39 is 0 Å². The van der Waals surface area contributed by atoms with Gasteiger partial charge in [0.05, 0.1) is 6.10 Å². The SMILES string of the molecule is CN(CC1CCCCO1)C(C)(CN)CC1CC1. The minimum atomic E-state index is 0.169. The van der Waals surface area contributed by atoms with Crippen LogP contribution >= 0.6 is 0 Å². The Hall–Kier alpha value is -0.120. The third-order valence-corrected chi connectivity index (χ3v) is 4.54. The van der Waals surface area contributed by atoms with E-state index in [4.69, 9.17) is 10.5 Å². The molecule has 0 amide bonds. The largest absolute Gasteiger partial charge is 0.377 e. The Morgan fingerprint density at radius 3 is 2.59 bits per heavy atom. The summed E-state index contributed by atoms with van der Waals surface area (Å²) in [6.07, 6.45) is 8.27. The van der Waals surface area contributed by atoms with Gasteiger partial charge in [0.2, 0.25) is 0 Å². The van der Waals surface area contributed by atoms with Crippen molar-refractivity contribution in [3.63, 3.8) is 0 Å². The third-order valence-electron chi connectivity index (χ3n) is 4.54. The van der Waals surface area contributed by atoms with Gasteiger partial charge >= 0.3 is 0 Å². The molecule has 0 aromatic rings. The Morgan fingerprint density at radius 2 is 2.06 bits per heavy atom. The molecular formula is C14H28N2O. The van der Waals surface area contributed by atoms with Gasteiger partial charge in [0.15, 0.2) is 0 Å². The van der Waals surface area contributed by atoms with Crippen molar-refractivity contribution in [2.45, 2.75) is 57.1 Å². The number of nitrogens with zero attached hydrogens (tertiary/aromatic N) is 1. The quantitative estimate of drug-likeness (QED) is 0.772. The molecule has 1 saturated carbocycles. The van der Waals surface area contributed by atoms with E-state index in [9.17, 15) is 0 Å². The molecule has 2 fully saturated rings. The van der Waals surface area contributed by atoms with Crippen LogP contribution in [0.25, 0.3) is 0 Å². The molecule has 1 heterocycles. The molecule has 3 heteroatoms. The average molecular weight is 240 g/mol. The highest BCUT2D eigenvalue weighted by atomic mass is 16.5. The normalized spacial score (nSPS) is 29.3. The fraction of sp³-hybridized carbons (Fsp3) is 1.00. The van der Waals surface area contributed by atoms with Gasteiger partial charge in [0.1, 0.15) is 0 Å². The molecule has 2 N–H and O–H groups in total. The summed E-state index contributed by atoms with van der Waals surface area (Å²) in [6, 6.07) is 0. The fourth-order valence-corrected chi connectivity index (χ4v) is 2.82. The number of nitrogens with two attached hydrogens (primary N) is 1. The predicted octanol–water partition coefficient (Wildman–Crippen LogP) is 2.00. The predicted molar refractivity (Wildman–Crippen MR) is 71.0 cm³/mol. The number of likely N-dealkylation sites (N-methyl/N-ethyl adjacent to an activating group) is 1. The smallest absolute Gasteiger partial charge is 0.0702 e. The van der Waals surface area contributed by atoms with Crippen LogP contribution in [0.1, 0.15) is 45.4 Å². The Bertz CT molecular complexity index is 236. The summed E-state index contributed by atoms with van der Waals surface area (Å²) in [4.78, 5) is 2.45. The summed E-state index contributed by atoms with van der Waals surface area (Å²) in [6.45, 7) is 5.06. The van der Waals surface area contributed by atoms with Crippen molar-refractivity contribution in [3.05, 3.63) is 0 Å². The minimum Gasteiger partial charge on any atom is -0.377 e. The summed E-state index contributed by atoms with van der Waals surface area (Å²) in [5, 5.41) is 0. The van der Waals surface area contributed by atoms with Crippen LogP contribution in [0.3, 0.4) is 0 Å². The van der Waals surface area contributed by atoms with Gasteiger partial charge in [-0.25, -0.2) is 0 Å². The Balaban J connectivity index is 1.83. The molecule has 1 aliphatic heterocycles. The molecule has 1 aliphatic carbocycles. The number of rotatable bonds is 6. The van der Waals surface area contributed by atoms with Crippen LogP contribution < -0.4 is 5.73 Å². The topological polar surface area (TPSA) is 38.5 Å². The molecule has 0 aromatic carbocycles. The van der Waals surface area contributed by atoms with E-state index in [2.05, 4.69) is 18.9 Å². The van der Waals surface area contributed by atoms with E-state index in [-0.39, 0.29) is 5.54 Å². The zero-order valence-electron chi connectivity index (χ0n) is 11.5. The van der Waals surface area contributed by atoms with Crippen LogP contribution in [0, 0.1) is 5.92 Å². The van der Waals surface area contributed by atoms with E-state index in [1.54, 1.807) is 0 Å². The summed E-state index contributed by atoms with van der Waals surface area (Å²) in [7, 11) is 2.22. The molecule has 2 unspecified atom stereocenters. The Morgan fingerprint density at radius 1 is 1.29 bits per heavy atom. The molecule has 0 radical (unpaired) electrons. The molecule has 2 atom stereocenters. The van der Waals surface area contributed by atoms with Gasteiger partial charge in [-0.2, -0.15) is 0 Å². The molecule has 0 bridgehead atoms. The van der Waals surface area contributed by atoms with Crippen LogP contribution in [0.2, 0.25) is 0 Å². The van der Waals surface area contributed by atoms with Crippen molar-refractivity contribution in [2.75, 3.05) is 26.7 Å². The van der Waals surface area contributed by atoms with Crippen molar-refractivity contribution in [2.24, 2.45) is 11.7 Å². The maximum Gasteiger partial charge on any atom is 0.0702 e. The average Bonchev–Trinajstić information content (AvgIpc) is 3.14. The van der Waals surface area contributed by atoms with Crippen LogP contribution in [0.15, 0.2) is 0 Å². The zero-order chi connectivity index (χ0) is 12.3. The molecule has 0 spiro atoms. The van der Waals surface area contributed by atoms with E-state index in [1.807, 2.05) is 0 Å². The van der Waals surface area contributed by atoms with E-state index in [0.717, 1.165) is 25.6 Å². The summed E-state index contributed by atoms with van der Waals surface area (Å²) in [5.41, 5.74) is 6.18. The highest BCUT2D eigenvalue weighted by molar-refractivity contribution is 4.92. The van der Waals surface area contributed by atoms with Gasteiger partial charge in [-0.15, -0.1) is 0 Å². The molecule has 2 rings (SSSR count). The minimum absolute atomic E-state index is 0.169. The van der Waals surface area contributed by atoms with Crippen LogP contribution in [-0.2, 0) is 4.74 Å². The molecule has 1 saturated heterocycles. The number of hydrogen-bond acceptors (Lipinski definition) is 3. The van der Waals surface area contributed by atoms with Crippen LogP contribution in [0.5, 0.6) is 0 Å². The van der Waals surface area contributed by atoms with Crippen molar-refractivity contribution in [3.8, 4) is 0 Å². The van der Waals surface area contributed by atoms with Gasteiger partial charge in [-0.05, 0) is 45.6 Å². The second kappa shape index (κ2) is 5.68. The lowest BCUT2D eigenvalue weighted by Gasteiger charge is -2.40. The number of hydrogen-bond donors (Lipinski definition) is 1. The van der Waals surface area contributed by atoms with Crippen molar-refractivity contribution in [1.29, 1.82) is 0 Å². The van der Waals surface area contributed by atoms with Crippen molar-refractivity contribution in [1.82, 2.24) is 4.90 Å². The lowest BCUT2D eigenvalue weighted by Crippen LogP contribution is -2.52. The van der Waals surface area contributed by atoms with E-state index in [0.29, 0.717) is 6.10 Å². The van der Waals surface area contributed by atoms with Crippen LogP contribution in [-0.4, -0.2) is 43.3 Å². The standard InChI is InChI=1S/C14H28N2O/c1-14(11-15,9-12-6-7-12)16(2)10-13-5-3-4-8-17-13/h12-13H,3-11,15H2,1-2H3. The number of ether oxygens (including phenoxy) is 1. The third kappa shape index (κ3) is 3.67. The first-order valence-corrected chi connectivity index (χ1v) is 7.17. The Kier molecular flexibility index (Phi) is 4.45. The maximum absolute atomic E-state index is 6.01. The molecule has 2 aliphatic rings. The van der Waals surface area contributed by atoms with Gasteiger partial charge in [-0.3, -0.25) is 4.90 Å². The van der Waals surface area contributed by atoms with Gasteiger partial charge < -0.3 is 10.5 Å². The first-order chi connectivity index (χ1) is 8.14. The Labute approximate surface area is 106 Å². The van der Waals surface area contributed by atoms with E-state index in [1.165, 1.54) is 38.5 Å². The summed E-state index contributed by atoms with van der Waals surface area (Å²) in [5.74, 6) is 0.929.